The lowest BCUT2D eigenvalue weighted by atomic mass is 10.3. The second-order valence-electron chi connectivity index (χ2n) is 2.45. The Morgan fingerprint density at radius 2 is 2.31 bits per heavy atom. The van der Waals surface area contributed by atoms with Gasteiger partial charge in [0.2, 0.25) is 0 Å². The monoisotopic (exact) mass is 184 g/mol. The number of ether oxygens (including phenoxy) is 1. The Morgan fingerprint density at radius 1 is 1.46 bits per heavy atom. The minimum Gasteiger partial charge on any atom is -0.419 e. The van der Waals surface area contributed by atoms with Gasteiger partial charge in [-0.1, -0.05) is 0 Å². The lowest BCUT2D eigenvalue weighted by molar-refractivity contribution is -0.0523. The number of hydrogen-bond acceptors (Lipinski definition) is 2. The summed E-state index contributed by atoms with van der Waals surface area (Å²) >= 11 is 0. The van der Waals surface area contributed by atoms with Crippen LogP contribution in [0.25, 0.3) is 11.0 Å². The molecular formula is C8H6F2N2O. The number of aromatic amines is 1. The van der Waals surface area contributed by atoms with Crippen LogP contribution in [0.3, 0.4) is 0 Å². The average Bonchev–Trinajstić information content (AvgIpc) is 2.44. The van der Waals surface area contributed by atoms with Gasteiger partial charge in [0.25, 0.3) is 0 Å². The highest BCUT2D eigenvalue weighted by atomic mass is 19.3. The zero-order chi connectivity index (χ0) is 9.26. The van der Waals surface area contributed by atoms with E-state index >= 15 is 0 Å². The molecule has 0 amide bonds. The molecule has 2 aromatic heterocycles. The first kappa shape index (κ1) is 7.97. The molecule has 3 nitrogen and oxygen atoms in total. The van der Waals surface area contributed by atoms with E-state index in [0.29, 0.717) is 5.65 Å². The van der Waals surface area contributed by atoms with Crippen molar-refractivity contribution in [1.82, 2.24) is 9.97 Å². The molecule has 0 aliphatic heterocycles. The molecule has 0 fully saturated rings. The van der Waals surface area contributed by atoms with E-state index in [1.807, 2.05) is 0 Å². The summed E-state index contributed by atoms with van der Waals surface area (Å²) in [5.74, 6) is 0.0312. The van der Waals surface area contributed by atoms with E-state index in [-0.39, 0.29) is 5.88 Å². The highest BCUT2D eigenvalue weighted by Crippen LogP contribution is 2.19. The van der Waals surface area contributed by atoms with Gasteiger partial charge in [0.15, 0.2) is 5.88 Å². The molecule has 13 heavy (non-hydrogen) atoms. The largest absolute Gasteiger partial charge is 0.419 e. The molecule has 2 heterocycles. The third kappa shape index (κ3) is 1.58. The van der Waals surface area contributed by atoms with Crippen molar-refractivity contribution in [2.45, 2.75) is 6.61 Å². The molecule has 0 aliphatic carbocycles. The molecule has 1 N–H and O–H groups in total. The molecule has 2 aromatic rings. The maximum atomic E-state index is 11.8. The third-order valence-corrected chi connectivity index (χ3v) is 1.58. The molecule has 0 saturated carbocycles. The quantitative estimate of drug-likeness (QED) is 0.776. The molecule has 68 valence electrons. The topological polar surface area (TPSA) is 37.9 Å². The van der Waals surface area contributed by atoms with Crippen LogP contribution in [0.15, 0.2) is 24.4 Å². The molecule has 0 spiro atoms. The van der Waals surface area contributed by atoms with Gasteiger partial charge in [-0.05, 0) is 12.1 Å². The molecule has 0 bridgehead atoms. The minimum atomic E-state index is -2.81. The first-order valence-corrected chi connectivity index (χ1v) is 3.64. The summed E-state index contributed by atoms with van der Waals surface area (Å²) in [6.45, 7) is -2.81. The van der Waals surface area contributed by atoms with E-state index in [0.717, 1.165) is 5.39 Å². The number of rotatable bonds is 2. The van der Waals surface area contributed by atoms with Crippen LogP contribution in [0, 0.1) is 0 Å². The lowest BCUT2D eigenvalue weighted by Gasteiger charge is -1.98. The van der Waals surface area contributed by atoms with Crippen LogP contribution in [0.2, 0.25) is 0 Å². The molecular weight excluding hydrogens is 178 g/mol. The number of fused-ring (bicyclic) bond motifs is 1. The van der Waals surface area contributed by atoms with E-state index in [9.17, 15) is 8.78 Å². The highest BCUT2D eigenvalue weighted by Gasteiger charge is 2.07. The van der Waals surface area contributed by atoms with Gasteiger partial charge in [0.1, 0.15) is 5.65 Å². The number of nitrogens with zero attached hydrogens (tertiary/aromatic N) is 1. The zero-order valence-corrected chi connectivity index (χ0v) is 6.50. The van der Waals surface area contributed by atoms with Crippen molar-refractivity contribution in [2.75, 3.05) is 0 Å². The maximum absolute atomic E-state index is 11.8. The summed E-state index contributed by atoms with van der Waals surface area (Å²) in [5.41, 5.74) is 0.540. The van der Waals surface area contributed by atoms with Gasteiger partial charge in [-0.2, -0.15) is 8.78 Å². The second kappa shape index (κ2) is 3.01. The average molecular weight is 184 g/mol. The lowest BCUT2D eigenvalue weighted by Crippen LogP contribution is -2.01. The summed E-state index contributed by atoms with van der Waals surface area (Å²) in [6.07, 6.45) is 1.57. The summed E-state index contributed by atoms with van der Waals surface area (Å²) < 4.78 is 27.7. The number of aromatic nitrogens is 2. The Bertz CT molecular complexity index is 380. The zero-order valence-electron chi connectivity index (χ0n) is 6.50. The molecule has 0 atom stereocenters. The molecule has 0 aromatic carbocycles. The van der Waals surface area contributed by atoms with Crippen LogP contribution in [-0.2, 0) is 0 Å². The van der Waals surface area contributed by atoms with E-state index in [4.69, 9.17) is 0 Å². The van der Waals surface area contributed by atoms with Gasteiger partial charge in [0.05, 0.1) is 0 Å². The van der Waals surface area contributed by atoms with E-state index in [1.165, 1.54) is 6.07 Å². The van der Waals surface area contributed by atoms with Crippen molar-refractivity contribution in [3.8, 4) is 5.88 Å². The van der Waals surface area contributed by atoms with Gasteiger partial charge in [-0.15, -0.1) is 0 Å². The maximum Gasteiger partial charge on any atom is 0.388 e. The third-order valence-electron chi connectivity index (χ3n) is 1.58. The number of pyridine rings is 1. The fraction of sp³-hybridized carbons (Fsp3) is 0.125. The molecule has 0 radical (unpaired) electrons. The molecule has 0 aliphatic rings. The van der Waals surface area contributed by atoms with Crippen LogP contribution in [0.5, 0.6) is 5.88 Å². The van der Waals surface area contributed by atoms with Gasteiger partial charge in [-0.25, -0.2) is 4.98 Å². The normalized spacial score (nSPS) is 11.0. The number of nitrogens with one attached hydrogen (secondary N) is 1. The van der Waals surface area contributed by atoms with Crippen LogP contribution in [0.4, 0.5) is 8.78 Å². The number of H-pyrrole nitrogens is 1. The van der Waals surface area contributed by atoms with Gasteiger partial charge in [-0.3, -0.25) is 0 Å². The fourth-order valence-corrected chi connectivity index (χ4v) is 1.09. The van der Waals surface area contributed by atoms with Gasteiger partial charge >= 0.3 is 6.61 Å². The predicted molar refractivity (Wildman–Crippen MR) is 42.7 cm³/mol. The summed E-state index contributed by atoms with van der Waals surface area (Å²) in [7, 11) is 0. The Hall–Kier alpha value is -1.65. The van der Waals surface area contributed by atoms with Crippen molar-refractivity contribution in [3.05, 3.63) is 24.4 Å². The van der Waals surface area contributed by atoms with Crippen molar-refractivity contribution in [2.24, 2.45) is 0 Å². The van der Waals surface area contributed by atoms with Gasteiger partial charge < -0.3 is 9.72 Å². The van der Waals surface area contributed by atoms with Crippen molar-refractivity contribution in [3.63, 3.8) is 0 Å². The predicted octanol–water partition coefficient (Wildman–Crippen LogP) is 2.16. The summed E-state index contributed by atoms with van der Waals surface area (Å²) in [5, 5.41) is 0.748. The SMILES string of the molecule is FC(F)Oc1cc2cccnc2[nH]1. The number of halogens is 2. The van der Waals surface area contributed by atoms with Crippen LogP contribution in [0.1, 0.15) is 0 Å². The molecule has 0 unspecified atom stereocenters. The second-order valence-corrected chi connectivity index (χ2v) is 2.45. The number of alkyl halides is 2. The standard InChI is InChI=1S/C8H6F2N2O/c9-8(10)13-6-4-5-2-1-3-11-7(5)12-6/h1-4,8H,(H,11,12). The van der Waals surface area contributed by atoms with Gasteiger partial charge in [0, 0.05) is 17.6 Å². The Labute approximate surface area is 72.4 Å². The first-order valence-electron chi connectivity index (χ1n) is 3.64. The summed E-state index contributed by atoms with van der Waals surface area (Å²) in [6, 6.07) is 4.97. The Morgan fingerprint density at radius 3 is 3.00 bits per heavy atom. The first-order chi connectivity index (χ1) is 6.25. The Kier molecular flexibility index (Phi) is 1.84. The Balaban J connectivity index is 2.38. The number of hydrogen-bond donors (Lipinski definition) is 1. The highest BCUT2D eigenvalue weighted by molar-refractivity contribution is 5.77. The van der Waals surface area contributed by atoms with Crippen molar-refractivity contribution in [1.29, 1.82) is 0 Å². The van der Waals surface area contributed by atoms with E-state index < -0.39 is 6.61 Å². The van der Waals surface area contributed by atoms with Crippen molar-refractivity contribution >= 4 is 11.0 Å². The van der Waals surface area contributed by atoms with Crippen LogP contribution >= 0.6 is 0 Å². The van der Waals surface area contributed by atoms with Crippen LogP contribution < -0.4 is 4.74 Å². The fourth-order valence-electron chi connectivity index (χ4n) is 1.09. The smallest absolute Gasteiger partial charge is 0.388 e. The molecule has 2 rings (SSSR count). The molecule has 0 saturated heterocycles. The van der Waals surface area contributed by atoms with E-state index in [1.54, 1.807) is 18.3 Å². The van der Waals surface area contributed by atoms with Crippen LogP contribution in [-0.4, -0.2) is 16.6 Å². The minimum absolute atomic E-state index is 0.0312. The van der Waals surface area contributed by atoms with E-state index in [2.05, 4.69) is 14.7 Å². The summed E-state index contributed by atoms with van der Waals surface area (Å²) in [4.78, 5) is 6.54. The van der Waals surface area contributed by atoms with Crippen molar-refractivity contribution < 1.29 is 13.5 Å². The molecule has 5 heteroatoms.